The van der Waals surface area contributed by atoms with Gasteiger partial charge in [0.05, 0.1) is 19.3 Å². The Hall–Kier alpha value is -2.01. The molecule has 0 saturated heterocycles. The molecule has 1 atom stereocenters. The molecular formula is C20H28NO5P. The number of hydrogen-bond donors (Lipinski definition) is 2. The van der Waals surface area contributed by atoms with E-state index >= 15 is 0 Å². The van der Waals surface area contributed by atoms with Crippen molar-refractivity contribution in [1.82, 2.24) is 0 Å². The Kier molecular flexibility index (Phi) is 7.31. The molecule has 0 spiro atoms. The van der Waals surface area contributed by atoms with Crippen LogP contribution in [0.4, 0.5) is 5.69 Å². The Balaban J connectivity index is 2.49. The molecule has 6 nitrogen and oxygen atoms in total. The second kappa shape index (κ2) is 9.27. The smallest absolute Gasteiger partial charge is 0.357 e. The third-order valence-electron chi connectivity index (χ3n) is 3.66. The van der Waals surface area contributed by atoms with Gasteiger partial charge in [-0.15, -0.1) is 0 Å². The highest BCUT2D eigenvalue weighted by Crippen LogP contribution is 2.63. The minimum absolute atomic E-state index is 0.0171. The van der Waals surface area contributed by atoms with Crippen LogP contribution in [0, 0.1) is 0 Å². The van der Waals surface area contributed by atoms with E-state index < -0.39 is 13.4 Å². The number of rotatable bonds is 9. The number of para-hydroxylation sites is 1. The van der Waals surface area contributed by atoms with Crippen LogP contribution >= 0.6 is 7.60 Å². The SMILES string of the molecule is COc1ccc(NC(c2ccccc2O)P(=O)(OC(C)C)OC(C)C)cc1. The van der Waals surface area contributed by atoms with Gasteiger partial charge in [-0.25, -0.2) is 0 Å². The van der Waals surface area contributed by atoms with Crippen LogP contribution in [0.3, 0.4) is 0 Å². The van der Waals surface area contributed by atoms with E-state index in [4.69, 9.17) is 13.8 Å². The number of aromatic hydroxyl groups is 1. The quantitative estimate of drug-likeness (QED) is 0.544. The fourth-order valence-electron chi connectivity index (χ4n) is 2.63. The first-order valence-corrected chi connectivity index (χ1v) is 10.5. The minimum Gasteiger partial charge on any atom is -0.508 e. The number of ether oxygens (including phenoxy) is 1. The molecule has 2 N–H and O–H groups in total. The summed E-state index contributed by atoms with van der Waals surface area (Å²) in [7, 11) is -2.09. The zero-order valence-corrected chi connectivity index (χ0v) is 17.3. The number of anilines is 1. The molecule has 0 bridgehead atoms. The van der Waals surface area contributed by atoms with Gasteiger partial charge in [-0.3, -0.25) is 4.57 Å². The van der Waals surface area contributed by atoms with E-state index in [-0.39, 0.29) is 18.0 Å². The molecule has 0 aliphatic heterocycles. The van der Waals surface area contributed by atoms with Gasteiger partial charge in [-0.05, 0) is 58.0 Å². The van der Waals surface area contributed by atoms with Crippen LogP contribution in [0.15, 0.2) is 48.5 Å². The lowest BCUT2D eigenvalue weighted by Crippen LogP contribution is -2.19. The molecule has 0 aliphatic rings. The summed E-state index contributed by atoms with van der Waals surface area (Å²) in [4.78, 5) is 0. The van der Waals surface area contributed by atoms with E-state index in [1.807, 2.05) is 0 Å². The Morgan fingerprint density at radius 3 is 1.96 bits per heavy atom. The van der Waals surface area contributed by atoms with Gasteiger partial charge in [0.25, 0.3) is 0 Å². The van der Waals surface area contributed by atoms with E-state index in [1.54, 1.807) is 83.3 Å². The van der Waals surface area contributed by atoms with Crippen molar-refractivity contribution in [3.8, 4) is 11.5 Å². The first-order valence-electron chi connectivity index (χ1n) is 8.90. The van der Waals surface area contributed by atoms with Gasteiger partial charge in [0.2, 0.25) is 0 Å². The third kappa shape index (κ3) is 5.73. The molecule has 2 rings (SSSR count). The number of nitrogens with one attached hydrogen (secondary N) is 1. The lowest BCUT2D eigenvalue weighted by Gasteiger charge is -2.31. The Bertz CT molecular complexity index is 762. The van der Waals surface area contributed by atoms with E-state index in [1.165, 1.54) is 0 Å². The van der Waals surface area contributed by atoms with E-state index in [0.717, 1.165) is 0 Å². The maximum Gasteiger partial charge on any atom is 0.357 e. The number of benzene rings is 2. The average Bonchev–Trinajstić information content (AvgIpc) is 2.59. The van der Waals surface area contributed by atoms with E-state index in [9.17, 15) is 9.67 Å². The summed E-state index contributed by atoms with van der Waals surface area (Å²) in [6, 6.07) is 13.9. The van der Waals surface area contributed by atoms with Gasteiger partial charge in [0.1, 0.15) is 11.5 Å². The highest BCUT2D eigenvalue weighted by molar-refractivity contribution is 7.54. The molecule has 0 amide bonds. The van der Waals surface area contributed by atoms with Crippen molar-refractivity contribution < 1.29 is 23.5 Å². The highest BCUT2D eigenvalue weighted by atomic mass is 31.2. The van der Waals surface area contributed by atoms with Crippen LogP contribution in [-0.4, -0.2) is 24.4 Å². The normalized spacial score (nSPS) is 13.0. The zero-order chi connectivity index (χ0) is 20.0. The summed E-state index contributed by atoms with van der Waals surface area (Å²) in [5, 5.41) is 13.6. The lowest BCUT2D eigenvalue weighted by atomic mass is 10.2. The molecular weight excluding hydrogens is 365 g/mol. The second-order valence-corrected chi connectivity index (χ2v) is 8.70. The molecule has 7 heteroatoms. The second-order valence-electron chi connectivity index (χ2n) is 6.68. The predicted octanol–water partition coefficient (Wildman–Crippen LogP) is 5.55. The van der Waals surface area contributed by atoms with Gasteiger partial charge in [-0.1, -0.05) is 18.2 Å². The number of phenolic OH excluding ortho intramolecular Hbond substituents is 1. The van der Waals surface area contributed by atoms with Crippen LogP contribution < -0.4 is 10.1 Å². The van der Waals surface area contributed by atoms with Crippen molar-refractivity contribution in [2.75, 3.05) is 12.4 Å². The molecule has 0 aliphatic carbocycles. The zero-order valence-electron chi connectivity index (χ0n) is 16.4. The van der Waals surface area contributed by atoms with Crippen molar-refractivity contribution in [3.63, 3.8) is 0 Å². The van der Waals surface area contributed by atoms with Crippen molar-refractivity contribution in [2.45, 2.75) is 45.7 Å². The Labute approximate surface area is 161 Å². The average molecular weight is 393 g/mol. The summed E-state index contributed by atoms with van der Waals surface area (Å²) in [6.45, 7) is 7.19. The van der Waals surface area contributed by atoms with Crippen molar-refractivity contribution in [3.05, 3.63) is 54.1 Å². The fraction of sp³-hybridized carbons (Fsp3) is 0.400. The molecule has 0 aromatic heterocycles. The number of hydrogen-bond acceptors (Lipinski definition) is 6. The molecule has 27 heavy (non-hydrogen) atoms. The summed E-state index contributed by atoms with van der Waals surface area (Å²) >= 11 is 0. The first-order chi connectivity index (χ1) is 12.7. The Morgan fingerprint density at radius 2 is 1.48 bits per heavy atom. The minimum atomic E-state index is -3.68. The van der Waals surface area contributed by atoms with E-state index in [2.05, 4.69) is 5.32 Å². The van der Waals surface area contributed by atoms with Crippen LogP contribution in [0.5, 0.6) is 11.5 Å². The largest absolute Gasteiger partial charge is 0.508 e. The topological polar surface area (TPSA) is 77.0 Å². The molecule has 0 heterocycles. The summed E-state index contributed by atoms with van der Waals surface area (Å²) < 4.78 is 30.5. The van der Waals surface area contributed by atoms with Gasteiger partial charge < -0.3 is 24.2 Å². The predicted molar refractivity (Wildman–Crippen MR) is 108 cm³/mol. The number of methoxy groups -OCH3 is 1. The Morgan fingerprint density at radius 1 is 0.926 bits per heavy atom. The molecule has 1 unspecified atom stereocenters. The van der Waals surface area contributed by atoms with Crippen LogP contribution in [-0.2, 0) is 13.6 Å². The molecule has 0 saturated carbocycles. The maximum atomic E-state index is 13.8. The fourth-order valence-corrected chi connectivity index (χ4v) is 4.96. The van der Waals surface area contributed by atoms with Crippen LogP contribution in [0.25, 0.3) is 0 Å². The highest BCUT2D eigenvalue weighted by Gasteiger charge is 2.40. The van der Waals surface area contributed by atoms with Crippen molar-refractivity contribution >= 4 is 13.3 Å². The van der Waals surface area contributed by atoms with Gasteiger partial charge in [0.15, 0.2) is 5.78 Å². The first kappa shape index (κ1) is 21.3. The third-order valence-corrected chi connectivity index (χ3v) is 6.13. The molecule has 2 aromatic rings. The van der Waals surface area contributed by atoms with E-state index in [0.29, 0.717) is 17.0 Å². The summed E-state index contributed by atoms with van der Waals surface area (Å²) in [5.74, 6) is -0.153. The molecule has 148 valence electrons. The monoisotopic (exact) mass is 393 g/mol. The van der Waals surface area contributed by atoms with Crippen molar-refractivity contribution in [2.24, 2.45) is 0 Å². The summed E-state index contributed by atoms with van der Waals surface area (Å²) in [6.07, 6.45) is -0.638. The van der Waals surface area contributed by atoms with Crippen LogP contribution in [0.1, 0.15) is 39.0 Å². The lowest BCUT2D eigenvalue weighted by molar-refractivity contribution is 0.137. The van der Waals surface area contributed by atoms with Gasteiger partial charge in [-0.2, -0.15) is 0 Å². The molecule has 0 fully saturated rings. The molecule has 2 aromatic carbocycles. The maximum absolute atomic E-state index is 13.8. The molecule has 0 radical (unpaired) electrons. The van der Waals surface area contributed by atoms with Gasteiger partial charge in [0, 0.05) is 11.3 Å². The number of phenols is 1. The standard InChI is InChI=1S/C20H28NO5P/c1-14(2)25-27(23,26-15(3)4)20(18-8-6-7-9-19(18)22)21-16-10-12-17(24-5)13-11-16/h6-15,20-22H,1-5H3. The summed E-state index contributed by atoms with van der Waals surface area (Å²) in [5.41, 5.74) is 1.14. The van der Waals surface area contributed by atoms with Gasteiger partial charge >= 0.3 is 7.60 Å². The van der Waals surface area contributed by atoms with Crippen molar-refractivity contribution in [1.29, 1.82) is 0 Å². The van der Waals surface area contributed by atoms with Crippen LogP contribution in [0.2, 0.25) is 0 Å².